The van der Waals surface area contributed by atoms with Gasteiger partial charge in [0.25, 0.3) is 0 Å². The van der Waals surface area contributed by atoms with Crippen LogP contribution >= 0.6 is 15.9 Å². The van der Waals surface area contributed by atoms with E-state index in [9.17, 15) is 4.79 Å². The molecule has 5 nitrogen and oxygen atoms in total. The van der Waals surface area contributed by atoms with Crippen LogP contribution in [-0.2, 0) is 11.5 Å². The summed E-state index contributed by atoms with van der Waals surface area (Å²) in [5, 5.41) is 7.07. The third kappa shape index (κ3) is 4.59. The molecule has 0 aliphatic carbocycles. The van der Waals surface area contributed by atoms with Gasteiger partial charge >= 0.3 is 0 Å². The lowest BCUT2D eigenvalue weighted by Gasteiger charge is -2.11. The standard InChI is InChI=1S/C16H20BrN3O2/c1-3-12(4-2)16(21)19-14-9-18-20(10-14)11-22-15-7-5-13(17)6-8-15/h5-10,12H,3-4,11H2,1-2H3,(H,19,21). The van der Waals surface area contributed by atoms with Crippen LogP contribution in [0.4, 0.5) is 5.69 Å². The van der Waals surface area contributed by atoms with Crippen LogP contribution in [0.15, 0.2) is 41.1 Å². The molecule has 1 N–H and O–H groups in total. The number of benzene rings is 1. The summed E-state index contributed by atoms with van der Waals surface area (Å²) >= 11 is 3.38. The topological polar surface area (TPSA) is 56.2 Å². The number of nitrogens with one attached hydrogen (secondary N) is 1. The predicted octanol–water partition coefficient (Wildman–Crippen LogP) is 4.06. The number of carbonyl (C=O) groups excluding carboxylic acids is 1. The van der Waals surface area contributed by atoms with Gasteiger partial charge < -0.3 is 10.1 Å². The molecule has 0 radical (unpaired) electrons. The zero-order valence-corrected chi connectivity index (χ0v) is 14.3. The van der Waals surface area contributed by atoms with Crippen molar-refractivity contribution in [3.8, 4) is 5.75 Å². The van der Waals surface area contributed by atoms with Crippen LogP contribution in [0.2, 0.25) is 0 Å². The van der Waals surface area contributed by atoms with Crippen LogP contribution in [0.5, 0.6) is 5.75 Å². The van der Waals surface area contributed by atoms with E-state index in [1.807, 2.05) is 38.1 Å². The van der Waals surface area contributed by atoms with Gasteiger partial charge in [-0.25, -0.2) is 4.68 Å². The maximum absolute atomic E-state index is 12.0. The molecular weight excluding hydrogens is 346 g/mol. The number of ether oxygens (including phenoxy) is 1. The van der Waals surface area contributed by atoms with E-state index >= 15 is 0 Å². The smallest absolute Gasteiger partial charge is 0.227 e. The number of carbonyl (C=O) groups is 1. The molecule has 0 atom stereocenters. The fourth-order valence-corrected chi connectivity index (χ4v) is 2.34. The number of hydrogen-bond donors (Lipinski definition) is 1. The number of nitrogens with zero attached hydrogens (tertiary/aromatic N) is 2. The molecule has 1 amide bonds. The van der Waals surface area contributed by atoms with Crippen LogP contribution in [0.25, 0.3) is 0 Å². The summed E-state index contributed by atoms with van der Waals surface area (Å²) in [7, 11) is 0. The van der Waals surface area contributed by atoms with E-state index in [1.165, 1.54) is 0 Å². The first-order valence-electron chi connectivity index (χ1n) is 7.34. The molecule has 6 heteroatoms. The molecule has 0 aliphatic rings. The van der Waals surface area contributed by atoms with Crippen molar-refractivity contribution in [3.63, 3.8) is 0 Å². The highest BCUT2D eigenvalue weighted by atomic mass is 79.9. The van der Waals surface area contributed by atoms with E-state index in [1.54, 1.807) is 17.1 Å². The molecule has 0 aliphatic heterocycles. The van der Waals surface area contributed by atoms with Gasteiger partial charge in [-0.15, -0.1) is 0 Å². The van der Waals surface area contributed by atoms with Crippen LogP contribution in [-0.4, -0.2) is 15.7 Å². The molecule has 2 aromatic rings. The minimum absolute atomic E-state index is 0.0402. The van der Waals surface area contributed by atoms with Crippen molar-refractivity contribution in [3.05, 3.63) is 41.1 Å². The number of halogens is 1. The van der Waals surface area contributed by atoms with Crippen molar-refractivity contribution in [2.45, 2.75) is 33.4 Å². The SMILES string of the molecule is CCC(CC)C(=O)Nc1cnn(COc2ccc(Br)cc2)c1. The largest absolute Gasteiger partial charge is 0.471 e. The lowest BCUT2D eigenvalue weighted by Crippen LogP contribution is -2.21. The monoisotopic (exact) mass is 365 g/mol. The van der Waals surface area contributed by atoms with Crippen molar-refractivity contribution in [1.29, 1.82) is 0 Å². The average molecular weight is 366 g/mol. The van der Waals surface area contributed by atoms with Crippen molar-refractivity contribution < 1.29 is 9.53 Å². The zero-order valence-electron chi connectivity index (χ0n) is 12.8. The van der Waals surface area contributed by atoms with Crippen molar-refractivity contribution >= 4 is 27.5 Å². The van der Waals surface area contributed by atoms with Crippen LogP contribution in [0.3, 0.4) is 0 Å². The lowest BCUT2D eigenvalue weighted by molar-refractivity contribution is -0.120. The van der Waals surface area contributed by atoms with E-state index in [0.29, 0.717) is 12.4 Å². The highest BCUT2D eigenvalue weighted by Crippen LogP contribution is 2.17. The molecule has 0 spiro atoms. The summed E-state index contributed by atoms with van der Waals surface area (Å²) in [5.74, 6) is 0.849. The summed E-state index contributed by atoms with van der Waals surface area (Å²) in [6, 6.07) is 7.59. The molecule has 22 heavy (non-hydrogen) atoms. The normalized spacial score (nSPS) is 10.7. The zero-order chi connectivity index (χ0) is 15.9. The Balaban J connectivity index is 1.88. The lowest BCUT2D eigenvalue weighted by atomic mass is 10.0. The van der Waals surface area contributed by atoms with Gasteiger partial charge in [-0.3, -0.25) is 4.79 Å². The van der Waals surface area contributed by atoms with Crippen molar-refractivity contribution in [2.24, 2.45) is 5.92 Å². The van der Waals surface area contributed by atoms with E-state index < -0.39 is 0 Å². The maximum Gasteiger partial charge on any atom is 0.227 e. The molecule has 1 heterocycles. The molecule has 118 valence electrons. The van der Waals surface area contributed by atoms with E-state index in [0.717, 1.165) is 23.1 Å². The van der Waals surface area contributed by atoms with E-state index in [2.05, 4.69) is 26.3 Å². The van der Waals surface area contributed by atoms with Gasteiger partial charge in [-0.05, 0) is 37.1 Å². The third-order valence-electron chi connectivity index (χ3n) is 3.43. The van der Waals surface area contributed by atoms with Crippen LogP contribution in [0, 0.1) is 5.92 Å². The third-order valence-corrected chi connectivity index (χ3v) is 3.96. The van der Waals surface area contributed by atoms with Gasteiger partial charge in [0.1, 0.15) is 5.75 Å². The molecule has 1 aromatic carbocycles. The number of aromatic nitrogens is 2. The number of amides is 1. The van der Waals surface area contributed by atoms with E-state index in [-0.39, 0.29) is 11.8 Å². The first kappa shape index (κ1) is 16.5. The highest BCUT2D eigenvalue weighted by Gasteiger charge is 2.14. The van der Waals surface area contributed by atoms with Crippen LogP contribution in [0.1, 0.15) is 26.7 Å². The molecule has 0 bridgehead atoms. The second-order valence-corrected chi connectivity index (χ2v) is 5.91. The molecule has 0 unspecified atom stereocenters. The summed E-state index contributed by atoms with van der Waals surface area (Å²) in [6.07, 6.45) is 5.07. The molecule has 1 aromatic heterocycles. The van der Waals surface area contributed by atoms with Crippen LogP contribution < -0.4 is 10.1 Å². The Hall–Kier alpha value is -1.82. The van der Waals surface area contributed by atoms with Gasteiger partial charge in [-0.1, -0.05) is 29.8 Å². The summed E-state index contributed by atoms with van der Waals surface area (Å²) in [4.78, 5) is 12.0. The average Bonchev–Trinajstić information content (AvgIpc) is 2.95. The number of anilines is 1. The summed E-state index contributed by atoms with van der Waals surface area (Å²) in [6.45, 7) is 4.33. The van der Waals surface area contributed by atoms with E-state index in [4.69, 9.17) is 4.74 Å². The molecule has 0 saturated carbocycles. The Labute approximate surface area is 138 Å². The predicted molar refractivity (Wildman–Crippen MR) is 89.7 cm³/mol. The van der Waals surface area contributed by atoms with Crippen molar-refractivity contribution in [1.82, 2.24) is 9.78 Å². The Morgan fingerprint density at radius 3 is 2.64 bits per heavy atom. The molecule has 0 saturated heterocycles. The fourth-order valence-electron chi connectivity index (χ4n) is 2.07. The Bertz CT molecular complexity index is 606. The fraction of sp³-hybridized carbons (Fsp3) is 0.375. The van der Waals surface area contributed by atoms with Crippen molar-refractivity contribution in [2.75, 3.05) is 5.32 Å². The van der Waals surface area contributed by atoms with Gasteiger partial charge in [0.15, 0.2) is 6.73 Å². The molecule has 2 rings (SSSR count). The second-order valence-electron chi connectivity index (χ2n) is 5.00. The summed E-state index contributed by atoms with van der Waals surface area (Å²) in [5.41, 5.74) is 0.691. The first-order chi connectivity index (χ1) is 10.6. The van der Waals surface area contributed by atoms with Gasteiger partial charge in [0, 0.05) is 10.4 Å². The summed E-state index contributed by atoms with van der Waals surface area (Å²) < 4.78 is 8.27. The minimum atomic E-state index is 0.0402. The van der Waals surface area contributed by atoms with Gasteiger partial charge in [0.05, 0.1) is 18.1 Å². The number of hydrogen-bond acceptors (Lipinski definition) is 3. The minimum Gasteiger partial charge on any atom is -0.471 e. The number of rotatable bonds is 7. The maximum atomic E-state index is 12.0. The second kappa shape index (κ2) is 7.98. The van der Waals surface area contributed by atoms with Gasteiger partial charge in [0.2, 0.25) is 5.91 Å². The molecule has 0 fully saturated rings. The molecular formula is C16H20BrN3O2. The Kier molecular flexibility index (Phi) is 6.00. The van der Waals surface area contributed by atoms with Gasteiger partial charge in [-0.2, -0.15) is 5.10 Å². The highest BCUT2D eigenvalue weighted by molar-refractivity contribution is 9.10. The Morgan fingerprint density at radius 2 is 2.00 bits per heavy atom. The first-order valence-corrected chi connectivity index (χ1v) is 8.13. The Morgan fingerprint density at radius 1 is 1.32 bits per heavy atom. The quantitative estimate of drug-likeness (QED) is 0.804.